The van der Waals surface area contributed by atoms with Crippen molar-refractivity contribution in [2.24, 2.45) is 0 Å². The molecule has 2 nitrogen and oxygen atoms in total. The average Bonchev–Trinajstić information content (AvgIpc) is 2.66. The van der Waals surface area contributed by atoms with E-state index in [1.807, 2.05) is 18.2 Å². The van der Waals surface area contributed by atoms with Crippen molar-refractivity contribution in [1.82, 2.24) is 10.2 Å². The van der Waals surface area contributed by atoms with Crippen molar-refractivity contribution >= 4 is 0 Å². The van der Waals surface area contributed by atoms with Crippen molar-refractivity contribution in [3.8, 4) is 11.1 Å². The Morgan fingerprint density at radius 3 is 2.00 bits per heavy atom. The number of piperazine rings is 1. The lowest BCUT2D eigenvalue weighted by Crippen LogP contribution is -2.45. The van der Waals surface area contributed by atoms with Crippen molar-refractivity contribution in [3.63, 3.8) is 0 Å². The maximum absolute atomic E-state index is 12.7. The summed E-state index contributed by atoms with van der Waals surface area (Å²) < 4.78 is 38.1. The number of nitrogens with one attached hydrogen (secondary N) is 1. The number of alkyl halides is 3. The topological polar surface area (TPSA) is 15.3 Å². The van der Waals surface area contributed by atoms with Gasteiger partial charge < -0.3 is 5.32 Å². The first-order valence-corrected chi connectivity index (χ1v) is 8.82. The minimum absolute atomic E-state index is 0.288. The van der Waals surface area contributed by atoms with Gasteiger partial charge in [0, 0.05) is 32.2 Å². The van der Waals surface area contributed by atoms with E-state index in [1.165, 1.54) is 17.7 Å². The molecule has 1 fully saturated rings. The fraction of sp³-hybridized carbons (Fsp3) is 0.333. The van der Waals surface area contributed by atoms with Gasteiger partial charge in [0.05, 0.1) is 5.56 Å². The summed E-state index contributed by atoms with van der Waals surface area (Å²) in [6.45, 7) is 7.84. The first kappa shape index (κ1) is 18.7. The number of halogens is 3. The summed E-state index contributed by atoms with van der Waals surface area (Å²) in [6.07, 6.45) is -1.49. The van der Waals surface area contributed by atoms with E-state index in [2.05, 4.69) is 28.9 Å². The summed E-state index contributed by atoms with van der Waals surface area (Å²) in [6, 6.07) is 13.7. The van der Waals surface area contributed by atoms with Crippen LogP contribution in [0.5, 0.6) is 0 Å². The Kier molecular flexibility index (Phi) is 5.79. The fourth-order valence-corrected chi connectivity index (χ4v) is 3.40. The van der Waals surface area contributed by atoms with Crippen LogP contribution in [0.25, 0.3) is 11.1 Å². The van der Waals surface area contributed by atoms with Crippen LogP contribution in [0.15, 0.2) is 61.2 Å². The van der Waals surface area contributed by atoms with Gasteiger partial charge in [-0.1, -0.05) is 42.5 Å². The minimum Gasteiger partial charge on any atom is -0.314 e. The molecule has 1 aliphatic heterocycles. The largest absolute Gasteiger partial charge is 0.416 e. The molecule has 0 spiro atoms. The van der Waals surface area contributed by atoms with Crippen LogP contribution in [0.2, 0.25) is 0 Å². The number of benzene rings is 2. The zero-order chi connectivity index (χ0) is 18.6. The summed E-state index contributed by atoms with van der Waals surface area (Å²) in [7, 11) is 0. The maximum atomic E-state index is 12.7. The molecule has 0 bridgehead atoms. The van der Waals surface area contributed by atoms with Gasteiger partial charge in [-0.2, -0.15) is 13.2 Å². The second-order valence-corrected chi connectivity index (χ2v) is 6.52. The van der Waals surface area contributed by atoms with Gasteiger partial charge in [-0.3, -0.25) is 4.90 Å². The van der Waals surface area contributed by atoms with E-state index in [0.29, 0.717) is 0 Å². The highest BCUT2D eigenvalue weighted by Gasteiger charge is 2.30. The van der Waals surface area contributed by atoms with E-state index in [0.717, 1.165) is 55.9 Å². The molecule has 0 saturated carbocycles. The molecule has 1 atom stereocenters. The highest BCUT2D eigenvalue weighted by molar-refractivity contribution is 5.64. The van der Waals surface area contributed by atoms with Crippen LogP contribution in [0.3, 0.4) is 0 Å². The van der Waals surface area contributed by atoms with Crippen molar-refractivity contribution in [2.75, 3.05) is 26.2 Å². The Labute approximate surface area is 152 Å². The number of hydrogen-bond donors (Lipinski definition) is 1. The van der Waals surface area contributed by atoms with E-state index in [4.69, 9.17) is 0 Å². The first-order chi connectivity index (χ1) is 12.5. The summed E-state index contributed by atoms with van der Waals surface area (Å²) >= 11 is 0. The normalized spacial score (nSPS) is 17.0. The van der Waals surface area contributed by atoms with Gasteiger partial charge in [-0.05, 0) is 35.2 Å². The Morgan fingerprint density at radius 1 is 0.962 bits per heavy atom. The first-order valence-electron chi connectivity index (χ1n) is 8.82. The molecule has 0 radical (unpaired) electrons. The molecule has 0 aromatic heterocycles. The summed E-state index contributed by atoms with van der Waals surface area (Å²) in [5, 5.41) is 3.36. The molecule has 1 saturated heterocycles. The number of hydrogen-bond acceptors (Lipinski definition) is 2. The predicted molar refractivity (Wildman–Crippen MR) is 98.9 cm³/mol. The van der Waals surface area contributed by atoms with E-state index in [-0.39, 0.29) is 6.04 Å². The van der Waals surface area contributed by atoms with Crippen LogP contribution in [0.4, 0.5) is 13.2 Å². The van der Waals surface area contributed by atoms with Gasteiger partial charge in [0.2, 0.25) is 0 Å². The van der Waals surface area contributed by atoms with Crippen molar-refractivity contribution in [3.05, 3.63) is 72.3 Å². The molecule has 138 valence electrons. The van der Waals surface area contributed by atoms with Crippen LogP contribution >= 0.6 is 0 Å². The molecule has 1 N–H and O–H groups in total. The van der Waals surface area contributed by atoms with E-state index < -0.39 is 11.7 Å². The summed E-state index contributed by atoms with van der Waals surface area (Å²) in [5.41, 5.74) is 2.29. The molecule has 0 unspecified atom stereocenters. The summed E-state index contributed by atoms with van der Waals surface area (Å²) in [5.74, 6) is 0. The molecule has 26 heavy (non-hydrogen) atoms. The Morgan fingerprint density at radius 2 is 1.50 bits per heavy atom. The van der Waals surface area contributed by atoms with Gasteiger partial charge in [0.15, 0.2) is 0 Å². The monoisotopic (exact) mass is 360 g/mol. The molecule has 1 heterocycles. The van der Waals surface area contributed by atoms with Crippen LogP contribution in [-0.4, -0.2) is 31.1 Å². The van der Waals surface area contributed by atoms with Crippen LogP contribution < -0.4 is 5.32 Å². The zero-order valence-corrected chi connectivity index (χ0v) is 14.6. The molecular weight excluding hydrogens is 337 g/mol. The van der Waals surface area contributed by atoms with Gasteiger partial charge >= 0.3 is 6.18 Å². The molecule has 5 heteroatoms. The SMILES string of the molecule is C=CC[C@H](c1ccc(-c2ccc(C(F)(F)F)cc2)cc1)N1CCNCC1. The van der Waals surface area contributed by atoms with Crippen molar-refractivity contribution in [2.45, 2.75) is 18.6 Å². The smallest absolute Gasteiger partial charge is 0.314 e. The molecule has 2 aromatic carbocycles. The Hall–Kier alpha value is -2.11. The lowest BCUT2D eigenvalue weighted by Gasteiger charge is -2.34. The van der Waals surface area contributed by atoms with Gasteiger partial charge in [-0.15, -0.1) is 6.58 Å². The second-order valence-electron chi connectivity index (χ2n) is 6.52. The van der Waals surface area contributed by atoms with Crippen LogP contribution in [-0.2, 0) is 6.18 Å². The van der Waals surface area contributed by atoms with Crippen molar-refractivity contribution in [1.29, 1.82) is 0 Å². The number of nitrogens with zero attached hydrogens (tertiary/aromatic N) is 1. The average molecular weight is 360 g/mol. The lowest BCUT2D eigenvalue weighted by molar-refractivity contribution is -0.137. The van der Waals surface area contributed by atoms with Crippen LogP contribution in [0.1, 0.15) is 23.6 Å². The van der Waals surface area contributed by atoms with Gasteiger partial charge in [0.1, 0.15) is 0 Å². The van der Waals surface area contributed by atoms with E-state index in [9.17, 15) is 13.2 Å². The third kappa shape index (κ3) is 4.34. The third-order valence-corrected chi connectivity index (χ3v) is 4.82. The fourth-order valence-electron chi connectivity index (χ4n) is 3.40. The molecule has 1 aliphatic rings. The highest BCUT2D eigenvalue weighted by Crippen LogP contribution is 2.32. The third-order valence-electron chi connectivity index (χ3n) is 4.82. The Balaban J connectivity index is 1.79. The van der Waals surface area contributed by atoms with Gasteiger partial charge in [-0.25, -0.2) is 0 Å². The standard InChI is InChI=1S/C21H23F3N2/c1-2-3-20(26-14-12-25-13-15-26)18-6-4-16(5-7-18)17-8-10-19(11-9-17)21(22,23)24/h2,4-11,20,25H,1,3,12-15H2/t20-/m1/s1. The summed E-state index contributed by atoms with van der Waals surface area (Å²) in [4.78, 5) is 2.45. The zero-order valence-electron chi connectivity index (χ0n) is 14.6. The van der Waals surface area contributed by atoms with E-state index >= 15 is 0 Å². The van der Waals surface area contributed by atoms with Crippen molar-refractivity contribution < 1.29 is 13.2 Å². The quantitative estimate of drug-likeness (QED) is 0.764. The van der Waals surface area contributed by atoms with Gasteiger partial charge in [0.25, 0.3) is 0 Å². The maximum Gasteiger partial charge on any atom is 0.416 e. The predicted octanol–water partition coefficient (Wildman–Crippen LogP) is 4.89. The van der Waals surface area contributed by atoms with Crippen LogP contribution in [0, 0.1) is 0 Å². The molecule has 3 rings (SSSR count). The molecule has 0 amide bonds. The highest BCUT2D eigenvalue weighted by atomic mass is 19.4. The second kappa shape index (κ2) is 8.06. The minimum atomic E-state index is -4.30. The molecular formula is C21H23F3N2. The molecule has 2 aromatic rings. The number of rotatable bonds is 5. The van der Waals surface area contributed by atoms with E-state index in [1.54, 1.807) is 0 Å². The Bertz CT molecular complexity index is 714. The molecule has 0 aliphatic carbocycles. The lowest BCUT2D eigenvalue weighted by atomic mass is 9.97.